The van der Waals surface area contributed by atoms with E-state index >= 15 is 0 Å². The van der Waals surface area contributed by atoms with Crippen LogP contribution in [0.1, 0.15) is 28.1 Å². The monoisotopic (exact) mass is 466 g/mol. The number of aromatic amines is 1. The van der Waals surface area contributed by atoms with Crippen molar-refractivity contribution in [2.24, 2.45) is 0 Å². The van der Waals surface area contributed by atoms with Crippen LogP contribution in [0.2, 0.25) is 5.02 Å². The average molecular weight is 467 g/mol. The molecule has 0 atom stereocenters. The maximum atomic E-state index is 12.7. The summed E-state index contributed by atoms with van der Waals surface area (Å²) in [6, 6.07) is 28.7. The minimum Gasteiger partial charge on any atom is -0.361 e. The van der Waals surface area contributed by atoms with Gasteiger partial charge in [0.05, 0.1) is 6.54 Å². The van der Waals surface area contributed by atoms with Crippen molar-refractivity contribution in [3.63, 3.8) is 0 Å². The van der Waals surface area contributed by atoms with Crippen LogP contribution in [0.3, 0.4) is 0 Å². The highest BCUT2D eigenvalue weighted by atomic mass is 35.5. The van der Waals surface area contributed by atoms with E-state index in [9.17, 15) is 4.79 Å². The number of rotatable bonds is 6. The molecule has 0 saturated carbocycles. The largest absolute Gasteiger partial charge is 0.361 e. The maximum Gasteiger partial charge on any atom is 0.208 e. The number of hydrogen-bond acceptors (Lipinski definition) is 2. The summed E-state index contributed by atoms with van der Waals surface area (Å²) in [4.78, 5) is 18.2. The van der Waals surface area contributed by atoms with Crippen molar-refractivity contribution in [1.82, 2.24) is 9.88 Å². The van der Waals surface area contributed by atoms with Crippen molar-refractivity contribution in [2.75, 3.05) is 6.54 Å². The number of hydrogen-bond donors (Lipinski definition) is 1. The zero-order valence-corrected chi connectivity index (χ0v) is 20.2. The number of benzene rings is 3. The van der Waals surface area contributed by atoms with E-state index < -0.39 is 0 Å². The lowest BCUT2D eigenvalue weighted by molar-refractivity contribution is 0.290. The number of nitrogens with zero attached hydrogens (tertiary/aromatic N) is 1. The zero-order valence-electron chi connectivity index (χ0n) is 19.4. The molecule has 0 spiro atoms. The van der Waals surface area contributed by atoms with Gasteiger partial charge in [-0.15, -0.1) is 0 Å². The van der Waals surface area contributed by atoms with Gasteiger partial charge in [0.1, 0.15) is 5.02 Å². The van der Waals surface area contributed by atoms with E-state index in [0.717, 1.165) is 29.9 Å². The topological polar surface area (TPSA) is 36.1 Å². The predicted molar refractivity (Wildman–Crippen MR) is 141 cm³/mol. The van der Waals surface area contributed by atoms with E-state index in [2.05, 4.69) is 70.3 Å². The van der Waals surface area contributed by atoms with Crippen molar-refractivity contribution in [1.29, 1.82) is 0 Å². The van der Waals surface area contributed by atoms with E-state index in [1.807, 2.05) is 43.3 Å². The molecule has 0 aliphatic rings. The number of aryl methyl sites for hydroxylation is 2. The first-order valence-electron chi connectivity index (χ1n) is 11.3. The minimum absolute atomic E-state index is 0.147. The molecule has 0 unspecified atom stereocenters. The molecule has 0 aliphatic heterocycles. The van der Waals surface area contributed by atoms with Crippen molar-refractivity contribution < 1.29 is 0 Å². The number of aromatic nitrogens is 1. The summed E-state index contributed by atoms with van der Waals surface area (Å²) < 4.78 is 0. The molecular formula is C30H27ClN2O. The van der Waals surface area contributed by atoms with Crippen molar-refractivity contribution in [2.45, 2.75) is 26.9 Å². The molecule has 3 nitrogen and oxygen atoms in total. The molecule has 0 bridgehead atoms. The van der Waals surface area contributed by atoms with Gasteiger partial charge in [0, 0.05) is 35.6 Å². The highest BCUT2D eigenvalue weighted by Crippen LogP contribution is 2.22. The molecule has 0 aliphatic carbocycles. The summed E-state index contributed by atoms with van der Waals surface area (Å²) in [7, 11) is 0. The highest BCUT2D eigenvalue weighted by Gasteiger charge is 2.12. The Morgan fingerprint density at radius 1 is 0.794 bits per heavy atom. The summed E-state index contributed by atoms with van der Waals surface area (Å²) in [6.07, 6.45) is 0. The highest BCUT2D eigenvalue weighted by molar-refractivity contribution is 6.31. The molecule has 0 amide bonds. The summed E-state index contributed by atoms with van der Waals surface area (Å²) in [5, 5.41) is 0.237. The minimum atomic E-state index is -0.147. The fourth-order valence-electron chi connectivity index (χ4n) is 4.02. The molecule has 4 rings (SSSR count). The maximum absolute atomic E-state index is 12.7. The second kappa shape index (κ2) is 11.0. The van der Waals surface area contributed by atoms with E-state index in [-0.39, 0.29) is 10.5 Å². The van der Waals surface area contributed by atoms with Gasteiger partial charge in [-0.3, -0.25) is 9.69 Å². The van der Waals surface area contributed by atoms with Crippen LogP contribution in [-0.2, 0) is 13.1 Å². The van der Waals surface area contributed by atoms with E-state index in [4.69, 9.17) is 11.6 Å². The van der Waals surface area contributed by atoms with Crippen LogP contribution < -0.4 is 5.43 Å². The molecule has 3 aromatic carbocycles. The second-order valence-corrected chi connectivity index (χ2v) is 8.77. The molecule has 4 aromatic rings. The lowest BCUT2D eigenvalue weighted by atomic mass is 10.0. The van der Waals surface area contributed by atoms with Crippen LogP contribution >= 0.6 is 11.6 Å². The normalized spacial score (nSPS) is 10.7. The summed E-state index contributed by atoms with van der Waals surface area (Å²) in [5.41, 5.74) is 6.23. The predicted octanol–water partition coefficient (Wildman–Crippen LogP) is 6.37. The van der Waals surface area contributed by atoms with Gasteiger partial charge < -0.3 is 4.98 Å². The molecule has 170 valence electrons. The lowest BCUT2D eigenvalue weighted by Crippen LogP contribution is -2.23. The third kappa shape index (κ3) is 5.85. The Morgan fingerprint density at radius 3 is 1.91 bits per heavy atom. The fraction of sp³-hybridized carbons (Fsp3) is 0.167. The smallest absolute Gasteiger partial charge is 0.208 e. The first kappa shape index (κ1) is 23.6. The lowest BCUT2D eigenvalue weighted by Gasteiger charge is -2.20. The van der Waals surface area contributed by atoms with Gasteiger partial charge in [-0.05, 0) is 42.7 Å². The Bertz CT molecular complexity index is 1320. The Kier molecular flexibility index (Phi) is 7.65. The van der Waals surface area contributed by atoms with Crippen LogP contribution in [0.15, 0.2) is 89.7 Å². The molecule has 4 heteroatoms. The van der Waals surface area contributed by atoms with E-state index in [0.29, 0.717) is 17.8 Å². The SMILES string of the molecule is Cc1[nH]c(C)c(-c2ccc(C#CCN(Cc3ccccc3)Cc3ccccc3)cc2)c(=O)c1Cl. The fourth-order valence-corrected chi connectivity index (χ4v) is 4.16. The van der Waals surface area contributed by atoms with Crippen LogP contribution in [0.4, 0.5) is 0 Å². The molecule has 0 radical (unpaired) electrons. The molecule has 0 saturated heterocycles. The first-order chi connectivity index (χ1) is 16.5. The number of pyridine rings is 1. The Labute approximate surface area is 206 Å². The molecule has 1 aromatic heterocycles. The van der Waals surface area contributed by atoms with E-state index in [1.54, 1.807) is 6.92 Å². The van der Waals surface area contributed by atoms with Gasteiger partial charge in [0.15, 0.2) is 0 Å². The number of H-pyrrole nitrogens is 1. The number of halogens is 1. The van der Waals surface area contributed by atoms with Crippen LogP contribution in [0, 0.1) is 25.7 Å². The standard InChI is InChI=1S/C30H27ClN2O/c1-22-28(30(34)29(31)23(2)32-22)27-17-15-24(16-18-27)14-9-19-33(20-25-10-5-3-6-11-25)21-26-12-7-4-8-13-26/h3-8,10-13,15-18H,19-21H2,1-2H3,(H,32,34). The number of nitrogens with one attached hydrogen (secondary N) is 1. The van der Waals surface area contributed by atoms with Crippen molar-refractivity contribution in [3.05, 3.63) is 128 Å². The Hall–Kier alpha value is -3.58. The zero-order chi connectivity index (χ0) is 23.9. The van der Waals surface area contributed by atoms with Gasteiger partial charge in [0.2, 0.25) is 5.43 Å². The van der Waals surface area contributed by atoms with Gasteiger partial charge in [0.25, 0.3) is 0 Å². The Morgan fingerprint density at radius 2 is 1.35 bits per heavy atom. The van der Waals surface area contributed by atoms with Crippen LogP contribution in [-0.4, -0.2) is 16.4 Å². The van der Waals surface area contributed by atoms with Crippen LogP contribution in [0.5, 0.6) is 0 Å². The molecule has 1 N–H and O–H groups in total. The summed E-state index contributed by atoms with van der Waals surface area (Å²) in [5.74, 6) is 6.60. The van der Waals surface area contributed by atoms with Gasteiger partial charge in [-0.2, -0.15) is 0 Å². The average Bonchev–Trinajstić information content (AvgIpc) is 2.85. The molecule has 34 heavy (non-hydrogen) atoms. The third-order valence-electron chi connectivity index (χ3n) is 5.71. The van der Waals surface area contributed by atoms with Crippen molar-refractivity contribution >= 4 is 11.6 Å². The molecule has 1 heterocycles. The van der Waals surface area contributed by atoms with Crippen molar-refractivity contribution in [3.8, 4) is 23.0 Å². The second-order valence-electron chi connectivity index (χ2n) is 8.39. The summed E-state index contributed by atoms with van der Waals surface area (Å²) >= 11 is 6.18. The molecular weight excluding hydrogens is 440 g/mol. The van der Waals surface area contributed by atoms with Gasteiger partial charge in [-0.25, -0.2) is 0 Å². The first-order valence-corrected chi connectivity index (χ1v) is 11.7. The Balaban J connectivity index is 1.50. The van der Waals surface area contributed by atoms with Crippen LogP contribution in [0.25, 0.3) is 11.1 Å². The van der Waals surface area contributed by atoms with Gasteiger partial charge in [-0.1, -0.05) is 96.2 Å². The third-order valence-corrected chi connectivity index (χ3v) is 6.17. The van der Waals surface area contributed by atoms with E-state index in [1.165, 1.54) is 11.1 Å². The van der Waals surface area contributed by atoms with Gasteiger partial charge >= 0.3 is 0 Å². The quantitative estimate of drug-likeness (QED) is 0.335. The summed E-state index contributed by atoms with van der Waals surface area (Å²) in [6.45, 7) is 6.01. The molecule has 0 fully saturated rings.